The highest BCUT2D eigenvalue weighted by atomic mass is 32.2. The fraction of sp³-hybridized carbons (Fsp3) is 0.250. The molecule has 1 atom stereocenters. The van der Waals surface area contributed by atoms with Crippen molar-refractivity contribution >= 4 is 23.5 Å². The zero-order valence-electron chi connectivity index (χ0n) is 10.8. The molecule has 1 heterocycles. The number of benzene rings is 2. The Balaban J connectivity index is 1.56. The maximum Gasteiger partial charge on any atom is 0.118 e. The van der Waals surface area contributed by atoms with Crippen molar-refractivity contribution in [2.24, 2.45) is 0 Å². The van der Waals surface area contributed by atoms with E-state index in [1.54, 1.807) is 7.11 Å². The lowest BCUT2D eigenvalue weighted by Crippen LogP contribution is -2.03. The summed E-state index contributed by atoms with van der Waals surface area (Å²) < 4.78 is 5.18. The first-order chi connectivity index (χ1) is 9.35. The van der Waals surface area contributed by atoms with Crippen molar-refractivity contribution in [3.63, 3.8) is 0 Å². The van der Waals surface area contributed by atoms with Gasteiger partial charge in [0.05, 0.1) is 7.11 Å². The highest BCUT2D eigenvalue weighted by Crippen LogP contribution is 2.39. The number of methoxy groups -OCH3 is 1. The van der Waals surface area contributed by atoms with Gasteiger partial charge < -0.3 is 4.74 Å². The van der Waals surface area contributed by atoms with E-state index in [-0.39, 0.29) is 0 Å². The predicted octanol–water partition coefficient (Wildman–Crippen LogP) is 4.50. The van der Waals surface area contributed by atoms with Gasteiger partial charge in [-0.3, -0.25) is 0 Å². The van der Waals surface area contributed by atoms with Crippen LogP contribution in [0.1, 0.15) is 5.56 Å². The van der Waals surface area contributed by atoms with E-state index >= 15 is 0 Å². The first kappa shape index (κ1) is 12.9. The van der Waals surface area contributed by atoms with Gasteiger partial charge in [-0.2, -0.15) is 0 Å². The highest BCUT2D eigenvalue weighted by molar-refractivity contribution is 8.03. The van der Waals surface area contributed by atoms with Gasteiger partial charge >= 0.3 is 0 Å². The molecule has 1 aliphatic heterocycles. The van der Waals surface area contributed by atoms with Crippen LogP contribution in [-0.2, 0) is 6.42 Å². The molecule has 1 nitrogen and oxygen atoms in total. The fourth-order valence-corrected chi connectivity index (χ4v) is 4.59. The zero-order chi connectivity index (χ0) is 13.1. The van der Waals surface area contributed by atoms with Crippen LogP contribution in [-0.4, -0.2) is 18.1 Å². The third kappa shape index (κ3) is 3.10. The summed E-state index contributed by atoms with van der Waals surface area (Å²) in [6.07, 6.45) is 1.20. The molecule has 3 rings (SSSR count). The van der Waals surface area contributed by atoms with Gasteiger partial charge in [-0.1, -0.05) is 18.2 Å². The summed E-state index contributed by atoms with van der Waals surface area (Å²) in [4.78, 5) is 2.78. The highest BCUT2D eigenvalue weighted by Gasteiger charge is 2.21. The van der Waals surface area contributed by atoms with Crippen LogP contribution in [0, 0.1) is 0 Å². The molecule has 0 N–H and O–H groups in total. The lowest BCUT2D eigenvalue weighted by molar-refractivity contribution is 0.414. The number of hydrogen-bond donors (Lipinski definition) is 0. The molecule has 2 aromatic carbocycles. The van der Waals surface area contributed by atoms with Crippen molar-refractivity contribution in [3.8, 4) is 5.75 Å². The Bertz CT molecular complexity index is 526. The van der Waals surface area contributed by atoms with E-state index in [0.717, 1.165) is 11.5 Å². The third-order valence-corrected chi connectivity index (χ3v) is 5.91. The Morgan fingerprint density at radius 2 is 1.95 bits per heavy atom. The summed E-state index contributed by atoms with van der Waals surface area (Å²) in [5.41, 5.74) is 1.51. The first-order valence-corrected chi connectivity index (χ1v) is 8.23. The molecule has 2 aromatic rings. The molecular formula is C16H16OS2. The third-order valence-electron chi connectivity index (χ3n) is 3.21. The summed E-state index contributed by atoms with van der Waals surface area (Å²) in [5, 5.41) is 0.699. The molecular weight excluding hydrogens is 272 g/mol. The van der Waals surface area contributed by atoms with Gasteiger partial charge in [0.2, 0.25) is 0 Å². The molecule has 0 bridgehead atoms. The minimum Gasteiger partial charge on any atom is -0.497 e. The van der Waals surface area contributed by atoms with Crippen molar-refractivity contribution in [1.29, 1.82) is 0 Å². The summed E-state index contributed by atoms with van der Waals surface area (Å²) in [6.45, 7) is 0. The van der Waals surface area contributed by atoms with Gasteiger partial charge in [-0.05, 0) is 42.3 Å². The minimum absolute atomic E-state index is 0.699. The van der Waals surface area contributed by atoms with Crippen LogP contribution in [0.15, 0.2) is 58.3 Å². The van der Waals surface area contributed by atoms with E-state index in [4.69, 9.17) is 4.74 Å². The Hall–Kier alpha value is -1.06. The minimum atomic E-state index is 0.699. The van der Waals surface area contributed by atoms with Crippen LogP contribution < -0.4 is 4.74 Å². The lowest BCUT2D eigenvalue weighted by Gasteiger charge is -2.08. The van der Waals surface area contributed by atoms with Crippen molar-refractivity contribution in [2.45, 2.75) is 21.5 Å². The van der Waals surface area contributed by atoms with Crippen molar-refractivity contribution in [3.05, 3.63) is 54.1 Å². The molecule has 0 spiro atoms. The fourth-order valence-electron chi connectivity index (χ4n) is 2.21. The largest absolute Gasteiger partial charge is 0.497 e. The Kier molecular flexibility index (Phi) is 4.04. The van der Waals surface area contributed by atoms with Gasteiger partial charge in [0.1, 0.15) is 5.75 Å². The smallest absolute Gasteiger partial charge is 0.118 e. The molecule has 19 heavy (non-hydrogen) atoms. The molecule has 0 amide bonds. The molecule has 98 valence electrons. The summed E-state index contributed by atoms with van der Waals surface area (Å²) in [7, 11) is 1.70. The van der Waals surface area contributed by atoms with Gasteiger partial charge in [0.15, 0.2) is 0 Å². The topological polar surface area (TPSA) is 9.23 Å². The van der Waals surface area contributed by atoms with E-state index in [2.05, 4.69) is 36.4 Å². The maximum absolute atomic E-state index is 5.18. The van der Waals surface area contributed by atoms with Crippen LogP contribution in [0.25, 0.3) is 0 Å². The van der Waals surface area contributed by atoms with E-state index in [1.165, 1.54) is 21.8 Å². The number of hydrogen-bond acceptors (Lipinski definition) is 3. The molecule has 3 heteroatoms. The molecule has 0 aromatic heterocycles. The van der Waals surface area contributed by atoms with Crippen molar-refractivity contribution in [1.82, 2.24) is 0 Å². The van der Waals surface area contributed by atoms with E-state index < -0.39 is 0 Å². The number of ether oxygens (including phenoxy) is 1. The Labute approximate surface area is 122 Å². The van der Waals surface area contributed by atoms with Gasteiger partial charge in [0, 0.05) is 20.8 Å². The molecule has 0 aliphatic carbocycles. The van der Waals surface area contributed by atoms with Crippen LogP contribution in [0.3, 0.4) is 0 Å². The number of rotatable bonds is 4. The van der Waals surface area contributed by atoms with E-state index in [9.17, 15) is 0 Å². The lowest BCUT2D eigenvalue weighted by atomic mass is 10.1. The first-order valence-electron chi connectivity index (χ1n) is 6.36. The second-order valence-electron chi connectivity index (χ2n) is 4.54. The SMILES string of the molecule is COc1ccc(SCC2Cc3ccccc3S2)cc1. The number of fused-ring (bicyclic) bond motifs is 1. The molecule has 0 radical (unpaired) electrons. The van der Waals surface area contributed by atoms with Crippen LogP contribution >= 0.6 is 23.5 Å². The summed E-state index contributed by atoms with van der Waals surface area (Å²) in [6, 6.07) is 17.1. The molecule has 0 fully saturated rings. The van der Waals surface area contributed by atoms with E-state index in [1.807, 2.05) is 35.7 Å². The maximum atomic E-state index is 5.18. The van der Waals surface area contributed by atoms with Gasteiger partial charge in [0.25, 0.3) is 0 Å². The second kappa shape index (κ2) is 5.93. The Morgan fingerprint density at radius 3 is 2.68 bits per heavy atom. The normalized spacial score (nSPS) is 17.2. The van der Waals surface area contributed by atoms with E-state index in [0.29, 0.717) is 5.25 Å². The summed E-state index contributed by atoms with van der Waals surface area (Å²) in [5.74, 6) is 2.08. The average molecular weight is 288 g/mol. The molecule has 1 aliphatic rings. The monoisotopic (exact) mass is 288 g/mol. The van der Waals surface area contributed by atoms with Gasteiger partial charge in [-0.25, -0.2) is 0 Å². The van der Waals surface area contributed by atoms with Crippen molar-refractivity contribution in [2.75, 3.05) is 12.9 Å². The summed E-state index contributed by atoms with van der Waals surface area (Å²) >= 11 is 3.95. The average Bonchev–Trinajstić information content (AvgIpc) is 2.88. The quantitative estimate of drug-likeness (QED) is 0.766. The standard InChI is InChI=1S/C16H16OS2/c1-17-13-6-8-14(9-7-13)18-11-15-10-12-4-2-3-5-16(12)19-15/h2-9,15H,10-11H2,1H3. The zero-order valence-corrected chi connectivity index (χ0v) is 12.5. The molecule has 0 saturated heterocycles. The van der Waals surface area contributed by atoms with Gasteiger partial charge in [-0.15, -0.1) is 23.5 Å². The molecule has 1 unspecified atom stereocenters. The predicted molar refractivity (Wildman–Crippen MR) is 83.5 cm³/mol. The second-order valence-corrected chi connectivity index (χ2v) is 6.97. The molecule has 0 saturated carbocycles. The van der Waals surface area contributed by atoms with Crippen LogP contribution in [0.5, 0.6) is 5.75 Å². The number of thioether (sulfide) groups is 2. The Morgan fingerprint density at radius 1 is 1.16 bits per heavy atom. The van der Waals surface area contributed by atoms with Crippen LogP contribution in [0.2, 0.25) is 0 Å². The van der Waals surface area contributed by atoms with Crippen molar-refractivity contribution < 1.29 is 4.74 Å². The van der Waals surface area contributed by atoms with Crippen LogP contribution in [0.4, 0.5) is 0 Å².